The maximum Gasteiger partial charge on any atom is 0.138 e. The molecule has 1 aromatic rings. The standard InChI is InChI=1S/C10H19N3O/c1-7(11)5-13(4)6-10-8(2)12-14-9(10)3/h7H,5-6,11H2,1-4H3. The number of likely N-dealkylation sites (N-methyl/N-ethyl adjacent to an activating group) is 1. The van der Waals surface area contributed by atoms with Crippen LogP contribution in [0.2, 0.25) is 0 Å². The van der Waals surface area contributed by atoms with Crippen molar-refractivity contribution in [1.82, 2.24) is 10.1 Å². The average Bonchev–Trinajstić information content (AvgIpc) is 2.34. The smallest absolute Gasteiger partial charge is 0.138 e. The van der Waals surface area contributed by atoms with E-state index in [0.29, 0.717) is 0 Å². The second kappa shape index (κ2) is 4.57. The molecule has 0 aliphatic rings. The van der Waals surface area contributed by atoms with Crippen LogP contribution in [-0.2, 0) is 6.54 Å². The van der Waals surface area contributed by atoms with Crippen LogP contribution in [0.15, 0.2) is 4.52 Å². The summed E-state index contributed by atoms with van der Waals surface area (Å²) in [5.41, 5.74) is 7.86. The highest BCUT2D eigenvalue weighted by molar-refractivity contribution is 5.20. The van der Waals surface area contributed by atoms with Gasteiger partial charge in [0, 0.05) is 24.7 Å². The molecule has 1 unspecified atom stereocenters. The van der Waals surface area contributed by atoms with E-state index in [9.17, 15) is 0 Å². The summed E-state index contributed by atoms with van der Waals surface area (Å²) in [4.78, 5) is 2.18. The first-order chi connectivity index (χ1) is 6.50. The predicted molar refractivity (Wildman–Crippen MR) is 56.0 cm³/mol. The van der Waals surface area contributed by atoms with Gasteiger partial charge in [0.2, 0.25) is 0 Å². The second-order valence-electron chi connectivity index (χ2n) is 3.98. The number of hydrogen-bond acceptors (Lipinski definition) is 4. The molecular weight excluding hydrogens is 178 g/mol. The topological polar surface area (TPSA) is 55.3 Å². The van der Waals surface area contributed by atoms with Crippen LogP contribution in [0.1, 0.15) is 23.9 Å². The SMILES string of the molecule is Cc1noc(C)c1CN(C)CC(C)N. The number of rotatable bonds is 4. The Kier molecular flexibility index (Phi) is 3.66. The molecule has 0 saturated carbocycles. The molecular formula is C10H19N3O. The molecule has 2 N–H and O–H groups in total. The molecule has 0 radical (unpaired) electrons. The molecule has 0 bridgehead atoms. The summed E-state index contributed by atoms with van der Waals surface area (Å²) in [7, 11) is 2.05. The zero-order chi connectivity index (χ0) is 10.7. The Morgan fingerprint density at radius 2 is 2.14 bits per heavy atom. The van der Waals surface area contributed by atoms with Crippen molar-refractivity contribution in [3.05, 3.63) is 17.0 Å². The minimum Gasteiger partial charge on any atom is -0.361 e. The maximum absolute atomic E-state index is 5.72. The van der Waals surface area contributed by atoms with Gasteiger partial charge >= 0.3 is 0 Å². The van der Waals surface area contributed by atoms with E-state index in [4.69, 9.17) is 10.3 Å². The van der Waals surface area contributed by atoms with E-state index in [-0.39, 0.29) is 6.04 Å². The van der Waals surface area contributed by atoms with Gasteiger partial charge < -0.3 is 15.2 Å². The molecule has 0 fully saturated rings. The quantitative estimate of drug-likeness (QED) is 0.784. The number of aromatic nitrogens is 1. The number of hydrogen-bond donors (Lipinski definition) is 1. The van der Waals surface area contributed by atoms with Gasteiger partial charge in [0.1, 0.15) is 5.76 Å². The molecule has 0 amide bonds. The molecule has 4 nitrogen and oxygen atoms in total. The third kappa shape index (κ3) is 2.82. The van der Waals surface area contributed by atoms with Crippen LogP contribution in [-0.4, -0.2) is 29.7 Å². The monoisotopic (exact) mass is 197 g/mol. The van der Waals surface area contributed by atoms with Crippen LogP contribution >= 0.6 is 0 Å². The molecule has 1 aromatic heterocycles. The highest BCUT2D eigenvalue weighted by atomic mass is 16.5. The third-order valence-corrected chi connectivity index (χ3v) is 2.21. The molecule has 4 heteroatoms. The summed E-state index contributed by atoms with van der Waals surface area (Å²) < 4.78 is 5.09. The normalized spacial score (nSPS) is 13.6. The zero-order valence-electron chi connectivity index (χ0n) is 9.37. The van der Waals surface area contributed by atoms with Gasteiger partial charge in [-0.15, -0.1) is 0 Å². The Hall–Kier alpha value is -0.870. The average molecular weight is 197 g/mol. The highest BCUT2D eigenvalue weighted by Gasteiger charge is 2.11. The van der Waals surface area contributed by atoms with Gasteiger partial charge in [0.25, 0.3) is 0 Å². The molecule has 14 heavy (non-hydrogen) atoms. The summed E-state index contributed by atoms with van der Waals surface area (Å²) in [6.07, 6.45) is 0. The van der Waals surface area contributed by atoms with Gasteiger partial charge in [0.15, 0.2) is 0 Å². The van der Waals surface area contributed by atoms with Crippen molar-refractivity contribution in [2.45, 2.75) is 33.4 Å². The van der Waals surface area contributed by atoms with E-state index in [0.717, 1.165) is 24.5 Å². The van der Waals surface area contributed by atoms with Gasteiger partial charge in [-0.25, -0.2) is 0 Å². The van der Waals surface area contributed by atoms with Gasteiger partial charge in [-0.3, -0.25) is 0 Å². The fourth-order valence-electron chi connectivity index (χ4n) is 1.55. The van der Waals surface area contributed by atoms with E-state index in [2.05, 4.69) is 17.1 Å². The largest absolute Gasteiger partial charge is 0.361 e. The summed E-state index contributed by atoms with van der Waals surface area (Å²) in [6, 6.07) is 0.195. The predicted octanol–water partition coefficient (Wildman–Crippen LogP) is 1.07. The van der Waals surface area contributed by atoms with Crippen LogP contribution in [0.3, 0.4) is 0 Å². The second-order valence-corrected chi connectivity index (χ2v) is 3.98. The van der Waals surface area contributed by atoms with Gasteiger partial charge in [0.05, 0.1) is 5.69 Å². The van der Waals surface area contributed by atoms with Crippen molar-refractivity contribution < 1.29 is 4.52 Å². The Balaban J connectivity index is 2.59. The third-order valence-electron chi connectivity index (χ3n) is 2.21. The van der Waals surface area contributed by atoms with Crippen LogP contribution in [0, 0.1) is 13.8 Å². The van der Waals surface area contributed by atoms with E-state index in [1.165, 1.54) is 5.56 Å². The molecule has 0 aliphatic heterocycles. The Labute approximate surface area is 85.1 Å². The van der Waals surface area contributed by atoms with Gasteiger partial charge in [-0.05, 0) is 27.8 Å². The van der Waals surface area contributed by atoms with Gasteiger partial charge in [-0.2, -0.15) is 0 Å². The van der Waals surface area contributed by atoms with Crippen molar-refractivity contribution in [2.75, 3.05) is 13.6 Å². The first-order valence-corrected chi connectivity index (χ1v) is 4.86. The summed E-state index contributed by atoms with van der Waals surface area (Å²) in [5, 5.41) is 3.92. The lowest BCUT2D eigenvalue weighted by Gasteiger charge is -2.18. The van der Waals surface area contributed by atoms with Crippen molar-refractivity contribution >= 4 is 0 Å². The lowest BCUT2D eigenvalue weighted by molar-refractivity contribution is 0.306. The van der Waals surface area contributed by atoms with Crippen molar-refractivity contribution in [2.24, 2.45) is 5.73 Å². The van der Waals surface area contributed by atoms with Crippen LogP contribution < -0.4 is 5.73 Å². The van der Waals surface area contributed by atoms with E-state index in [1.54, 1.807) is 0 Å². The zero-order valence-corrected chi connectivity index (χ0v) is 9.37. The number of nitrogens with zero attached hydrogens (tertiary/aromatic N) is 2. The van der Waals surface area contributed by atoms with E-state index >= 15 is 0 Å². The summed E-state index contributed by atoms with van der Waals surface area (Å²) >= 11 is 0. The molecule has 0 spiro atoms. The maximum atomic E-state index is 5.72. The molecule has 80 valence electrons. The Morgan fingerprint density at radius 1 is 1.50 bits per heavy atom. The van der Waals surface area contributed by atoms with Gasteiger partial charge in [-0.1, -0.05) is 5.16 Å². The first kappa shape index (κ1) is 11.2. The Morgan fingerprint density at radius 3 is 2.57 bits per heavy atom. The highest BCUT2D eigenvalue weighted by Crippen LogP contribution is 2.13. The molecule has 1 heterocycles. The van der Waals surface area contributed by atoms with E-state index in [1.807, 2.05) is 20.8 Å². The summed E-state index contributed by atoms with van der Waals surface area (Å²) in [5.74, 6) is 0.902. The van der Waals surface area contributed by atoms with Crippen molar-refractivity contribution in [1.29, 1.82) is 0 Å². The molecule has 1 atom stereocenters. The minimum atomic E-state index is 0.195. The summed E-state index contributed by atoms with van der Waals surface area (Å²) in [6.45, 7) is 7.64. The lowest BCUT2D eigenvalue weighted by Crippen LogP contribution is -2.32. The number of nitrogens with two attached hydrogens (primary N) is 1. The van der Waals surface area contributed by atoms with Crippen molar-refractivity contribution in [3.8, 4) is 0 Å². The fourth-order valence-corrected chi connectivity index (χ4v) is 1.55. The van der Waals surface area contributed by atoms with E-state index < -0.39 is 0 Å². The Bertz CT molecular complexity index is 274. The molecule has 0 saturated heterocycles. The van der Waals surface area contributed by atoms with Crippen LogP contribution in [0.5, 0.6) is 0 Å². The molecule has 0 aromatic carbocycles. The number of aryl methyl sites for hydroxylation is 2. The molecule has 0 aliphatic carbocycles. The van der Waals surface area contributed by atoms with Crippen LogP contribution in [0.4, 0.5) is 0 Å². The minimum absolute atomic E-state index is 0.195. The lowest BCUT2D eigenvalue weighted by atomic mass is 10.2. The fraction of sp³-hybridized carbons (Fsp3) is 0.700. The van der Waals surface area contributed by atoms with Crippen molar-refractivity contribution in [3.63, 3.8) is 0 Å². The van der Waals surface area contributed by atoms with Crippen LogP contribution in [0.25, 0.3) is 0 Å². The first-order valence-electron chi connectivity index (χ1n) is 4.86. The molecule has 1 rings (SSSR count).